The lowest BCUT2D eigenvalue weighted by atomic mass is 10.3. The predicted octanol–water partition coefficient (Wildman–Crippen LogP) is -0.440. The molecule has 0 aliphatic rings. The van der Waals surface area contributed by atoms with Gasteiger partial charge >= 0.3 is 0 Å². The summed E-state index contributed by atoms with van der Waals surface area (Å²) in [6, 6.07) is 0. The van der Waals surface area contributed by atoms with Crippen LogP contribution in [0.4, 0.5) is 0 Å². The zero-order valence-electron chi connectivity index (χ0n) is 7.16. The SMILES string of the molecule is C=C(COCCO)COCCO. The van der Waals surface area contributed by atoms with Crippen molar-refractivity contribution >= 4 is 0 Å². The maximum atomic E-state index is 8.37. The highest BCUT2D eigenvalue weighted by molar-refractivity contribution is 4.94. The van der Waals surface area contributed by atoms with Crippen molar-refractivity contribution in [3.8, 4) is 0 Å². The molecule has 0 aromatic heterocycles. The van der Waals surface area contributed by atoms with E-state index in [-0.39, 0.29) is 13.2 Å². The van der Waals surface area contributed by atoms with Gasteiger partial charge in [0.05, 0.1) is 39.6 Å². The standard InChI is InChI=1S/C8H16O4/c1-8(6-11-4-2-9)7-12-5-3-10/h9-10H,1-7H2. The maximum absolute atomic E-state index is 8.37. The molecule has 0 spiro atoms. The summed E-state index contributed by atoms with van der Waals surface area (Å²) in [5.74, 6) is 0. The minimum atomic E-state index is 0.0186. The minimum absolute atomic E-state index is 0.0186. The fraction of sp³-hybridized carbons (Fsp3) is 0.750. The van der Waals surface area contributed by atoms with Gasteiger partial charge in [0.25, 0.3) is 0 Å². The molecule has 0 amide bonds. The van der Waals surface area contributed by atoms with Crippen LogP contribution in [0.25, 0.3) is 0 Å². The number of hydrogen-bond donors (Lipinski definition) is 2. The summed E-state index contributed by atoms with van der Waals surface area (Å²) in [6.07, 6.45) is 0. The van der Waals surface area contributed by atoms with E-state index in [0.29, 0.717) is 26.4 Å². The van der Waals surface area contributed by atoms with Crippen molar-refractivity contribution in [1.29, 1.82) is 0 Å². The largest absolute Gasteiger partial charge is 0.394 e. The summed E-state index contributed by atoms with van der Waals surface area (Å²) in [6.45, 7) is 5.15. The Morgan fingerprint density at radius 2 is 1.42 bits per heavy atom. The molecular weight excluding hydrogens is 160 g/mol. The zero-order valence-corrected chi connectivity index (χ0v) is 7.16. The van der Waals surface area contributed by atoms with Crippen molar-refractivity contribution < 1.29 is 19.7 Å². The Hall–Kier alpha value is -0.420. The second-order valence-corrected chi connectivity index (χ2v) is 2.30. The van der Waals surface area contributed by atoms with Gasteiger partial charge in [0.15, 0.2) is 0 Å². The van der Waals surface area contributed by atoms with Crippen LogP contribution in [0.2, 0.25) is 0 Å². The van der Waals surface area contributed by atoms with E-state index in [1.165, 1.54) is 0 Å². The summed E-state index contributed by atoms with van der Waals surface area (Å²) < 4.78 is 9.97. The second kappa shape index (κ2) is 8.67. The van der Waals surface area contributed by atoms with E-state index in [4.69, 9.17) is 19.7 Å². The molecule has 0 bridgehead atoms. The molecule has 12 heavy (non-hydrogen) atoms. The molecule has 2 N–H and O–H groups in total. The average Bonchev–Trinajstić information content (AvgIpc) is 2.06. The Morgan fingerprint density at radius 3 is 1.75 bits per heavy atom. The lowest BCUT2D eigenvalue weighted by molar-refractivity contribution is 0.0805. The summed E-state index contributed by atoms with van der Waals surface area (Å²) >= 11 is 0. The average molecular weight is 176 g/mol. The molecule has 0 aromatic rings. The van der Waals surface area contributed by atoms with Gasteiger partial charge in [-0.15, -0.1) is 0 Å². The normalized spacial score (nSPS) is 10.2. The van der Waals surface area contributed by atoms with Crippen LogP contribution in [0.1, 0.15) is 0 Å². The Morgan fingerprint density at radius 1 is 1.00 bits per heavy atom. The molecule has 4 nitrogen and oxygen atoms in total. The molecule has 0 saturated carbocycles. The highest BCUT2D eigenvalue weighted by atomic mass is 16.5. The smallest absolute Gasteiger partial charge is 0.0702 e. The van der Waals surface area contributed by atoms with Crippen LogP contribution in [0, 0.1) is 0 Å². The Bertz CT molecular complexity index is 102. The Labute approximate surface area is 72.4 Å². The molecule has 0 rings (SSSR count). The van der Waals surface area contributed by atoms with Crippen molar-refractivity contribution in [2.24, 2.45) is 0 Å². The van der Waals surface area contributed by atoms with Crippen LogP contribution in [0.5, 0.6) is 0 Å². The first kappa shape index (κ1) is 11.6. The van der Waals surface area contributed by atoms with Crippen LogP contribution in [-0.2, 0) is 9.47 Å². The maximum Gasteiger partial charge on any atom is 0.0702 e. The summed E-state index contributed by atoms with van der Waals surface area (Å²) in [5, 5.41) is 16.7. The van der Waals surface area contributed by atoms with E-state index in [9.17, 15) is 0 Å². The molecule has 0 atom stereocenters. The van der Waals surface area contributed by atoms with Crippen LogP contribution < -0.4 is 0 Å². The molecule has 0 heterocycles. The third kappa shape index (κ3) is 7.68. The molecule has 0 saturated heterocycles. The number of aliphatic hydroxyl groups is 2. The van der Waals surface area contributed by atoms with E-state index in [1.54, 1.807) is 0 Å². The predicted molar refractivity (Wildman–Crippen MR) is 44.9 cm³/mol. The van der Waals surface area contributed by atoms with Crippen molar-refractivity contribution in [1.82, 2.24) is 0 Å². The summed E-state index contributed by atoms with van der Waals surface area (Å²) in [4.78, 5) is 0. The summed E-state index contributed by atoms with van der Waals surface area (Å²) in [7, 11) is 0. The van der Waals surface area contributed by atoms with E-state index in [1.807, 2.05) is 0 Å². The van der Waals surface area contributed by atoms with E-state index < -0.39 is 0 Å². The fourth-order valence-electron chi connectivity index (χ4n) is 0.604. The molecule has 0 unspecified atom stereocenters. The summed E-state index contributed by atoms with van der Waals surface area (Å²) in [5.41, 5.74) is 0.803. The molecule has 0 aliphatic carbocycles. The van der Waals surface area contributed by atoms with Gasteiger partial charge in [-0.05, 0) is 5.57 Å². The number of aliphatic hydroxyl groups excluding tert-OH is 2. The lowest BCUT2D eigenvalue weighted by Crippen LogP contribution is -2.08. The van der Waals surface area contributed by atoms with E-state index in [2.05, 4.69) is 6.58 Å². The quantitative estimate of drug-likeness (QED) is 0.389. The van der Waals surface area contributed by atoms with Gasteiger partial charge in [0, 0.05) is 0 Å². The zero-order chi connectivity index (χ0) is 9.23. The molecule has 0 radical (unpaired) electrons. The molecule has 0 aromatic carbocycles. The van der Waals surface area contributed by atoms with Crippen molar-refractivity contribution in [2.45, 2.75) is 0 Å². The van der Waals surface area contributed by atoms with Gasteiger partial charge in [0.1, 0.15) is 0 Å². The van der Waals surface area contributed by atoms with Gasteiger partial charge in [-0.3, -0.25) is 0 Å². The van der Waals surface area contributed by atoms with Crippen molar-refractivity contribution in [3.63, 3.8) is 0 Å². The Kier molecular flexibility index (Phi) is 8.37. The number of rotatable bonds is 8. The van der Waals surface area contributed by atoms with Gasteiger partial charge in [-0.2, -0.15) is 0 Å². The second-order valence-electron chi connectivity index (χ2n) is 2.30. The van der Waals surface area contributed by atoms with Crippen molar-refractivity contribution in [2.75, 3.05) is 39.6 Å². The molecule has 0 aliphatic heterocycles. The van der Waals surface area contributed by atoms with Gasteiger partial charge in [-0.25, -0.2) is 0 Å². The lowest BCUT2D eigenvalue weighted by Gasteiger charge is -2.06. The van der Waals surface area contributed by atoms with Crippen LogP contribution in [0.3, 0.4) is 0 Å². The molecule has 72 valence electrons. The monoisotopic (exact) mass is 176 g/mol. The topological polar surface area (TPSA) is 58.9 Å². The third-order valence-corrected chi connectivity index (χ3v) is 1.08. The highest BCUT2D eigenvalue weighted by Crippen LogP contribution is 1.92. The van der Waals surface area contributed by atoms with Crippen molar-refractivity contribution in [3.05, 3.63) is 12.2 Å². The third-order valence-electron chi connectivity index (χ3n) is 1.08. The highest BCUT2D eigenvalue weighted by Gasteiger charge is 1.94. The van der Waals surface area contributed by atoms with E-state index >= 15 is 0 Å². The number of ether oxygens (including phenoxy) is 2. The molecule has 0 fully saturated rings. The molecule has 4 heteroatoms. The first-order valence-corrected chi connectivity index (χ1v) is 3.85. The first-order valence-electron chi connectivity index (χ1n) is 3.85. The van der Waals surface area contributed by atoms with Crippen LogP contribution in [-0.4, -0.2) is 49.9 Å². The number of hydrogen-bond acceptors (Lipinski definition) is 4. The van der Waals surface area contributed by atoms with E-state index in [0.717, 1.165) is 5.57 Å². The van der Waals surface area contributed by atoms with Crippen LogP contribution >= 0.6 is 0 Å². The molecular formula is C8H16O4. The minimum Gasteiger partial charge on any atom is -0.394 e. The van der Waals surface area contributed by atoms with Gasteiger partial charge in [0.2, 0.25) is 0 Å². The Balaban J connectivity index is 3.10. The van der Waals surface area contributed by atoms with Gasteiger partial charge in [-0.1, -0.05) is 6.58 Å². The first-order chi connectivity index (χ1) is 5.81. The van der Waals surface area contributed by atoms with Crippen LogP contribution in [0.15, 0.2) is 12.2 Å². The van der Waals surface area contributed by atoms with Gasteiger partial charge < -0.3 is 19.7 Å². The fourth-order valence-corrected chi connectivity index (χ4v) is 0.604.